The van der Waals surface area contributed by atoms with E-state index in [0.717, 1.165) is 24.3 Å². The summed E-state index contributed by atoms with van der Waals surface area (Å²) < 4.78 is 0. The molecule has 1 aromatic carbocycles. The summed E-state index contributed by atoms with van der Waals surface area (Å²) in [5.74, 6) is 1.31. The van der Waals surface area contributed by atoms with E-state index in [1.807, 2.05) is 11.8 Å². The Morgan fingerprint density at radius 1 is 1.47 bits per heavy atom. The first-order valence-corrected chi connectivity index (χ1v) is 7.10. The van der Waals surface area contributed by atoms with Crippen LogP contribution in [0.25, 0.3) is 0 Å². The van der Waals surface area contributed by atoms with E-state index < -0.39 is 5.97 Å². The largest absolute Gasteiger partial charge is 0.481 e. The molecule has 0 heterocycles. The summed E-state index contributed by atoms with van der Waals surface area (Å²) in [6, 6.07) is 8.51. The van der Waals surface area contributed by atoms with Gasteiger partial charge in [0, 0.05) is 5.75 Å². The van der Waals surface area contributed by atoms with Crippen LogP contribution in [0.3, 0.4) is 0 Å². The molecule has 0 unspecified atom stereocenters. The van der Waals surface area contributed by atoms with Crippen molar-refractivity contribution in [1.82, 2.24) is 0 Å². The van der Waals surface area contributed by atoms with E-state index in [4.69, 9.17) is 5.11 Å². The number of rotatable bonds is 6. The fourth-order valence-electron chi connectivity index (χ4n) is 2.06. The van der Waals surface area contributed by atoms with Crippen molar-refractivity contribution < 1.29 is 9.90 Å². The number of hydrogen-bond acceptors (Lipinski definition) is 2. The van der Waals surface area contributed by atoms with Crippen molar-refractivity contribution in [2.45, 2.75) is 31.9 Å². The fourth-order valence-corrected chi connectivity index (χ4v) is 3.40. The zero-order valence-corrected chi connectivity index (χ0v) is 10.9. The van der Waals surface area contributed by atoms with Gasteiger partial charge in [0.2, 0.25) is 0 Å². The van der Waals surface area contributed by atoms with E-state index in [2.05, 4.69) is 31.2 Å². The van der Waals surface area contributed by atoms with E-state index in [9.17, 15) is 4.79 Å². The second-order valence-corrected chi connectivity index (χ2v) is 6.04. The molecule has 1 aliphatic carbocycles. The summed E-state index contributed by atoms with van der Waals surface area (Å²) >= 11 is 1.86. The minimum atomic E-state index is -0.654. The first-order valence-electron chi connectivity index (χ1n) is 5.95. The van der Waals surface area contributed by atoms with Gasteiger partial charge in [-0.1, -0.05) is 29.8 Å². The summed E-state index contributed by atoms with van der Waals surface area (Å²) in [5, 5.41) is 8.83. The fraction of sp³-hybridized carbons (Fsp3) is 0.500. The van der Waals surface area contributed by atoms with Crippen molar-refractivity contribution in [2.24, 2.45) is 5.41 Å². The number of carbonyl (C=O) groups is 1. The predicted octanol–water partition coefficient (Wildman–Crippen LogP) is 3.48. The number of aryl methyl sites for hydroxylation is 1. The molecule has 1 N–H and O–H groups in total. The van der Waals surface area contributed by atoms with Gasteiger partial charge < -0.3 is 5.11 Å². The van der Waals surface area contributed by atoms with Crippen molar-refractivity contribution >= 4 is 17.7 Å². The van der Waals surface area contributed by atoms with Gasteiger partial charge in [0.25, 0.3) is 0 Å². The Labute approximate surface area is 106 Å². The molecule has 1 aliphatic rings. The molecule has 0 amide bonds. The van der Waals surface area contributed by atoms with Gasteiger partial charge >= 0.3 is 5.97 Å². The van der Waals surface area contributed by atoms with E-state index >= 15 is 0 Å². The molecule has 1 saturated carbocycles. The molecule has 0 aliphatic heterocycles. The molecule has 92 valence electrons. The second-order valence-electron chi connectivity index (χ2n) is 5.05. The Morgan fingerprint density at radius 3 is 2.82 bits per heavy atom. The lowest BCUT2D eigenvalue weighted by atomic mass is 10.1. The Balaban J connectivity index is 1.78. The van der Waals surface area contributed by atoms with E-state index in [0.29, 0.717) is 6.42 Å². The third-order valence-corrected chi connectivity index (χ3v) is 4.60. The molecular formula is C14H18O2S. The maximum atomic E-state index is 10.7. The third-order valence-electron chi connectivity index (χ3n) is 3.24. The van der Waals surface area contributed by atoms with Crippen molar-refractivity contribution in [1.29, 1.82) is 0 Å². The van der Waals surface area contributed by atoms with Crippen LogP contribution < -0.4 is 0 Å². The van der Waals surface area contributed by atoms with Crippen LogP contribution in [0.1, 0.15) is 30.4 Å². The summed E-state index contributed by atoms with van der Waals surface area (Å²) in [4.78, 5) is 10.7. The van der Waals surface area contributed by atoms with E-state index in [1.54, 1.807) is 0 Å². The third kappa shape index (κ3) is 3.77. The molecule has 3 heteroatoms. The number of hydrogen-bond donors (Lipinski definition) is 1. The number of carboxylic acids is 1. The molecule has 0 bridgehead atoms. The summed E-state index contributed by atoms with van der Waals surface area (Å²) in [5.41, 5.74) is 2.73. The minimum Gasteiger partial charge on any atom is -0.481 e. The second kappa shape index (κ2) is 5.13. The number of carboxylic acid groups (broad SMARTS) is 1. The highest BCUT2D eigenvalue weighted by atomic mass is 32.2. The lowest BCUT2D eigenvalue weighted by Crippen LogP contribution is -2.11. The molecule has 17 heavy (non-hydrogen) atoms. The van der Waals surface area contributed by atoms with Crippen LogP contribution in [0.2, 0.25) is 0 Å². The van der Waals surface area contributed by atoms with E-state index in [-0.39, 0.29) is 5.41 Å². The minimum absolute atomic E-state index is 0.111. The molecule has 0 spiro atoms. The van der Waals surface area contributed by atoms with Gasteiger partial charge in [-0.15, -0.1) is 0 Å². The Bertz CT molecular complexity index is 410. The number of benzene rings is 1. The lowest BCUT2D eigenvalue weighted by molar-refractivity contribution is -0.138. The average molecular weight is 250 g/mol. The smallest absolute Gasteiger partial charge is 0.303 e. The average Bonchev–Trinajstić information content (AvgIpc) is 2.97. The van der Waals surface area contributed by atoms with Crippen molar-refractivity contribution in [2.75, 3.05) is 5.75 Å². The highest BCUT2D eigenvalue weighted by molar-refractivity contribution is 7.98. The molecular weight excluding hydrogens is 232 g/mol. The van der Waals surface area contributed by atoms with Crippen LogP contribution in [-0.4, -0.2) is 16.8 Å². The first-order chi connectivity index (χ1) is 8.10. The summed E-state index contributed by atoms with van der Waals surface area (Å²) in [6.45, 7) is 2.10. The first kappa shape index (κ1) is 12.5. The molecule has 2 nitrogen and oxygen atoms in total. The van der Waals surface area contributed by atoms with Crippen LogP contribution in [0.15, 0.2) is 24.3 Å². The monoisotopic (exact) mass is 250 g/mol. The number of thioether (sulfide) groups is 1. The highest BCUT2D eigenvalue weighted by Crippen LogP contribution is 2.51. The van der Waals surface area contributed by atoms with Crippen LogP contribution >= 0.6 is 11.8 Å². The topological polar surface area (TPSA) is 37.3 Å². The van der Waals surface area contributed by atoms with Gasteiger partial charge in [0.05, 0.1) is 6.42 Å². The van der Waals surface area contributed by atoms with Gasteiger partial charge in [-0.3, -0.25) is 4.79 Å². The molecule has 1 fully saturated rings. The van der Waals surface area contributed by atoms with Crippen molar-refractivity contribution in [3.8, 4) is 0 Å². The molecule has 0 saturated heterocycles. The molecule has 0 atom stereocenters. The van der Waals surface area contributed by atoms with Gasteiger partial charge in [-0.2, -0.15) is 11.8 Å². The predicted molar refractivity (Wildman–Crippen MR) is 71.3 cm³/mol. The highest BCUT2D eigenvalue weighted by Gasteiger charge is 2.43. The molecule has 1 aromatic rings. The van der Waals surface area contributed by atoms with Gasteiger partial charge in [-0.25, -0.2) is 0 Å². The number of aliphatic carboxylic acids is 1. The Kier molecular flexibility index (Phi) is 3.77. The zero-order chi connectivity index (χ0) is 12.3. The lowest BCUT2D eigenvalue weighted by Gasteiger charge is -2.11. The van der Waals surface area contributed by atoms with Gasteiger partial charge in [0.15, 0.2) is 0 Å². The van der Waals surface area contributed by atoms with Crippen LogP contribution in [0.4, 0.5) is 0 Å². The van der Waals surface area contributed by atoms with Crippen molar-refractivity contribution in [3.63, 3.8) is 0 Å². The normalized spacial score (nSPS) is 16.8. The van der Waals surface area contributed by atoms with Crippen molar-refractivity contribution in [3.05, 3.63) is 35.4 Å². The quantitative estimate of drug-likeness (QED) is 0.839. The van der Waals surface area contributed by atoms with E-state index in [1.165, 1.54) is 11.1 Å². The Hall–Kier alpha value is -0.960. The SMILES string of the molecule is Cc1cccc(CSCC2(CC(=O)O)CC2)c1. The maximum absolute atomic E-state index is 10.7. The van der Waals surface area contributed by atoms with Crippen LogP contribution in [-0.2, 0) is 10.5 Å². The Morgan fingerprint density at radius 2 is 2.24 bits per heavy atom. The van der Waals surface area contributed by atoms with Gasteiger partial charge in [-0.05, 0) is 36.5 Å². The van der Waals surface area contributed by atoms with Gasteiger partial charge in [0.1, 0.15) is 0 Å². The zero-order valence-electron chi connectivity index (χ0n) is 10.1. The summed E-state index contributed by atoms with van der Waals surface area (Å²) in [7, 11) is 0. The maximum Gasteiger partial charge on any atom is 0.303 e. The van der Waals surface area contributed by atoms with Crippen LogP contribution in [0, 0.1) is 12.3 Å². The molecule has 0 aromatic heterocycles. The standard InChI is InChI=1S/C14H18O2S/c1-11-3-2-4-12(7-11)9-17-10-14(5-6-14)8-13(15)16/h2-4,7H,5-6,8-10H2,1H3,(H,15,16). The molecule has 0 radical (unpaired) electrons. The molecule has 2 rings (SSSR count). The summed E-state index contributed by atoms with van der Waals surface area (Å²) in [6.07, 6.45) is 2.51. The van der Waals surface area contributed by atoms with Crippen LogP contribution in [0.5, 0.6) is 0 Å².